The Hall–Kier alpha value is -1.29. The second-order valence-electron chi connectivity index (χ2n) is 2.83. The summed E-state index contributed by atoms with van der Waals surface area (Å²) in [5, 5.41) is 11.2. The van der Waals surface area contributed by atoms with Gasteiger partial charge in [-0.1, -0.05) is 11.6 Å². The zero-order valence-electron chi connectivity index (χ0n) is 7.42. The lowest BCUT2D eigenvalue weighted by atomic mass is 10.2. The maximum absolute atomic E-state index is 12.7. The van der Waals surface area contributed by atoms with Crippen molar-refractivity contribution in [3.63, 3.8) is 0 Å². The molecule has 0 aliphatic rings. The number of halogens is 2. The Bertz CT molecular complexity index is 357. The fourth-order valence-electron chi connectivity index (χ4n) is 0.898. The molecule has 1 aromatic rings. The highest BCUT2D eigenvalue weighted by Gasteiger charge is 2.10. The molecule has 1 aromatic carbocycles. The van der Waals surface area contributed by atoms with E-state index in [4.69, 9.17) is 16.7 Å². The Balaban J connectivity index is 2.78. The van der Waals surface area contributed by atoms with E-state index in [0.717, 1.165) is 0 Å². The second kappa shape index (κ2) is 4.28. The van der Waals surface area contributed by atoms with E-state index in [1.165, 1.54) is 25.1 Å². The Labute approximate surface area is 85.5 Å². The molecule has 0 aromatic heterocycles. The van der Waals surface area contributed by atoms with Crippen molar-refractivity contribution in [3.05, 3.63) is 29.0 Å². The van der Waals surface area contributed by atoms with Crippen molar-refractivity contribution in [1.82, 2.24) is 0 Å². The summed E-state index contributed by atoms with van der Waals surface area (Å²) in [5.74, 6) is -1.51. The molecule has 0 saturated heterocycles. The van der Waals surface area contributed by atoms with Crippen LogP contribution in [0.25, 0.3) is 0 Å². The number of rotatable bonds is 3. The van der Waals surface area contributed by atoms with E-state index in [1.807, 2.05) is 0 Å². The van der Waals surface area contributed by atoms with E-state index in [9.17, 15) is 9.18 Å². The average Bonchev–Trinajstić information content (AvgIpc) is 2.11. The number of carboxylic acid groups (broad SMARTS) is 1. The van der Waals surface area contributed by atoms with Crippen LogP contribution < -0.4 is 5.32 Å². The molecule has 0 bridgehead atoms. The highest BCUT2D eigenvalue weighted by molar-refractivity contribution is 6.31. The van der Waals surface area contributed by atoms with Crippen molar-refractivity contribution in [3.8, 4) is 0 Å². The van der Waals surface area contributed by atoms with Crippen molar-refractivity contribution in [1.29, 1.82) is 0 Å². The van der Waals surface area contributed by atoms with Crippen LogP contribution in [-0.4, -0.2) is 17.1 Å². The van der Waals surface area contributed by atoms with Gasteiger partial charge in [0.15, 0.2) is 0 Å². The van der Waals surface area contributed by atoms with Gasteiger partial charge in [0.05, 0.1) is 5.02 Å². The minimum absolute atomic E-state index is 0.0346. The van der Waals surface area contributed by atoms with E-state index >= 15 is 0 Å². The average molecular weight is 218 g/mol. The summed E-state index contributed by atoms with van der Waals surface area (Å²) in [6.45, 7) is 1.49. The summed E-state index contributed by atoms with van der Waals surface area (Å²) >= 11 is 5.51. The number of hydrogen-bond donors (Lipinski definition) is 2. The summed E-state index contributed by atoms with van der Waals surface area (Å²) in [4.78, 5) is 10.5. The normalized spacial score (nSPS) is 12.2. The third-order valence-corrected chi connectivity index (χ3v) is 1.96. The summed E-state index contributed by atoms with van der Waals surface area (Å²) in [6, 6.07) is 3.22. The molecule has 3 nitrogen and oxygen atoms in total. The van der Waals surface area contributed by atoms with Crippen molar-refractivity contribution in [2.45, 2.75) is 13.0 Å². The number of aliphatic carboxylic acids is 1. The molecule has 0 aliphatic heterocycles. The van der Waals surface area contributed by atoms with Gasteiger partial charge in [-0.25, -0.2) is 4.39 Å². The molecule has 0 saturated carbocycles. The van der Waals surface area contributed by atoms with Crippen molar-refractivity contribution < 1.29 is 14.3 Å². The van der Waals surface area contributed by atoms with Gasteiger partial charge >= 0.3 is 5.97 Å². The first-order valence-corrected chi connectivity index (χ1v) is 4.33. The van der Waals surface area contributed by atoms with E-state index in [1.54, 1.807) is 0 Å². The first kappa shape index (κ1) is 10.8. The number of anilines is 1. The molecule has 1 atom stereocenters. The van der Waals surface area contributed by atoms with E-state index in [0.29, 0.717) is 5.69 Å². The van der Waals surface area contributed by atoms with E-state index < -0.39 is 17.8 Å². The zero-order valence-corrected chi connectivity index (χ0v) is 8.18. The highest BCUT2D eigenvalue weighted by Crippen LogP contribution is 2.19. The lowest BCUT2D eigenvalue weighted by Gasteiger charge is -2.10. The Morgan fingerprint density at radius 2 is 2.29 bits per heavy atom. The lowest BCUT2D eigenvalue weighted by Crippen LogP contribution is -2.25. The zero-order chi connectivity index (χ0) is 10.7. The molecule has 2 N–H and O–H groups in total. The molecular formula is C9H9ClFNO2. The van der Waals surface area contributed by atoms with Crippen LogP contribution in [0.1, 0.15) is 6.92 Å². The topological polar surface area (TPSA) is 49.3 Å². The molecular weight excluding hydrogens is 209 g/mol. The predicted octanol–water partition coefficient (Wildman–Crippen LogP) is 2.36. The molecule has 0 spiro atoms. The van der Waals surface area contributed by atoms with Gasteiger partial charge in [0, 0.05) is 5.69 Å². The minimum Gasteiger partial charge on any atom is -0.480 e. The smallest absolute Gasteiger partial charge is 0.325 e. The van der Waals surface area contributed by atoms with Crippen molar-refractivity contribution >= 4 is 23.3 Å². The van der Waals surface area contributed by atoms with Gasteiger partial charge in [0.2, 0.25) is 0 Å². The van der Waals surface area contributed by atoms with E-state index in [-0.39, 0.29) is 5.02 Å². The minimum atomic E-state index is -0.981. The SMILES string of the molecule is C[C@@H](Nc1ccc(F)c(Cl)c1)C(=O)O. The Morgan fingerprint density at radius 1 is 1.64 bits per heavy atom. The maximum atomic E-state index is 12.7. The Kier molecular flexibility index (Phi) is 3.30. The van der Waals surface area contributed by atoms with Crippen molar-refractivity contribution in [2.24, 2.45) is 0 Å². The molecule has 0 amide bonds. The molecule has 76 valence electrons. The van der Waals surface area contributed by atoms with Crippen LogP contribution in [0.5, 0.6) is 0 Å². The summed E-state index contributed by atoms with van der Waals surface area (Å²) < 4.78 is 12.7. The third kappa shape index (κ3) is 2.60. The summed E-state index contributed by atoms with van der Waals surface area (Å²) in [7, 11) is 0. The molecule has 0 radical (unpaired) electrons. The van der Waals surface area contributed by atoms with Gasteiger partial charge in [0.1, 0.15) is 11.9 Å². The number of benzene rings is 1. The fraction of sp³-hybridized carbons (Fsp3) is 0.222. The van der Waals surface area contributed by atoms with Crippen LogP contribution in [0.4, 0.5) is 10.1 Å². The molecule has 0 aliphatic carbocycles. The quantitative estimate of drug-likeness (QED) is 0.817. The van der Waals surface area contributed by atoms with Crippen LogP contribution in [-0.2, 0) is 4.79 Å². The maximum Gasteiger partial charge on any atom is 0.325 e. The van der Waals surface area contributed by atoms with Crippen LogP contribution in [0.15, 0.2) is 18.2 Å². The standard InChI is InChI=1S/C9H9ClFNO2/c1-5(9(13)14)12-6-2-3-8(11)7(10)4-6/h2-5,12H,1H3,(H,13,14)/t5-/m1/s1. The number of hydrogen-bond acceptors (Lipinski definition) is 2. The third-order valence-electron chi connectivity index (χ3n) is 1.67. The summed E-state index contributed by atoms with van der Waals surface area (Å²) in [5.41, 5.74) is 0.478. The first-order chi connectivity index (χ1) is 6.50. The second-order valence-corrected chi connectivity index (χ2v) is 3.24. The van der Waals surface area contributed by atoms with Crippen LogP contribution in [0.3, 0.4) is 0 Å². The number of carbonyl (C=O) groups is 1. The molecule has 0 heterocycles. The molecule has 14 heavy (non-hydrogen) atoms. The van der Waals surface area contributed by atoms with Gasteiger partial charge in [-0.3, -0.25) is 4.79 Å². The van der Waals surface area contributed by atoms with Gasteiger partial charge < -0.3 is 10.4 Å². The highest BCUT2D eigenvalue weighted by atomic mass is 35.5. The molecule has 5 heteroatoms. The van der Waals surface area contributed by atoms with Gasteiger partial charge in [-0.2, -0.15) is 0 Å². The number of nitrogens with one attached hydrogen (secondary N) is 1. The predicted molar refractivity (Wildman–Crippen MR) is 52.1 cm³/mol. The van der Waals surface area contributed by atoms with Crippen LogP contribution >= 0.6 is 11.6 Å². The summed E-state index contributed by atoms with van der Waals surface area (Å²) in [6.07, 6.45) is 0. The lowest BCUT2D eigenvalue weighted by molar-refractivity contribution is -0.137. The monoisotopic (exact) mass is 217 g/mol. The van der Waals surface area contributed by atoms with Gasteiger partial charge in [0.25, 0.3) is 0 Å². The fourth-order valence-corrected chi connectivity index (χ4v) is 1.08. The van der Waals surface area contributed by atoms with Crippen LogP contribution in [0, 0.1) is 5.82 Å². The molecule has 1 rings (SSSR count). The first-order valence-electron chi connectivity index (χ1n) is 3.95. The molecule has 0 unspecified atom stereocenters. The largest absolute Gasteiger partial charge is 0.480 e. The number of carboxylic acids is 1. The van der Waals surface area contributed by atoms with Gasteiger partial charge in [-0.05, 0) is 25.1 Å². The van der Waals surface area contributed by atoms with Gasteiger partial charge in [-0.15, -0.1) is 0 Å². The van der Waals surface area contributed by atoms with Crippen LogP contribution in [0.2, 0.25) is 5.02 Å². The molecule has 0 fully saturated rings. The van der Waals surface area contributed by atoms with Crippen molar-refractivity contribution in [2.75, 3.05) is 5.32 Å². The Morgan fingerprint density at radius 3 is 2.79 bits per heavy atom. The van der Waals surface area contributed by atoms with E-state index in [2.05, 4.69) is 5.32 Å².